The van der Waals surface area contributed by atoms with E-state index >= 15 is 0 Å². The number of hydrogen-bond acceptors (Lipinski definition) is 5. The highest BCUT2D eigenvalue weighted by molar-refractivity contribution is 6.33. The second-order valence-electron chi connectivity index (χ2n) is 7.22. The van der Waals surface area contributed by atoms with Gasteiger partial charge in [0, 0.05) is 18.4 Å². The summed E-state index contributed by atoms with van der Waals surface area (Å²) >= 11 is 6.60. The molecule has 1 saturated heterocycles. The van der Waals surface area contributed by atoms with Gasteiger partial charge in [0.2, 0.25) is 6.79 Å². The Kier molecular flexibility index (Phi) is 5.28. The molecule has 6 heteroatoms. The Morgan fingerprint density at radius 1 is 1.11 bits per heavy atom. The van der Waals surface area contributed by atoms with Gasteiger partial charge in [-0.1, -0.05) is 41.4 Å². The van der Waals surface area contributed by atoms with Crippen LogP contribution in [-0.2, 0) is 11.2 Å². The van der Waals surface area contributed by atoms with E-state index < -0.39 is 12.2 Å². The van der Waals surface area contributed by atoms with Crippen molar-refractivity contribution in [3.63, 3.8) is 0 Å². The number of rotatable bonds is 4. The summed E-state index contributed by atoms with van der Waals surface area (Å²) in [7, 11) is 0. The fourth-order valence-electron chi connectivity index (χ4n) is 3.72. The molecule has 2 aromatic carbocycles. The molecule has 27 heavy (non-hydrogen) atoms. The second-order valence-corrected chi connectivity index (χ2v) is 7.60. The first kappa shape index (κ1) is 18.6. The Hall–Kier alpha value is -1.79. The first-order chi connectivity index (χ1) is 13.0. The van der Waals surface area contributed by atoms with Crippen molar-refractivity contribution in [2.45, 2.75) is 44.5 Å². The van der Waals surface area contributed by atoms with Crippen LogP contribution in [0.3, 0.4) is 0 Å². The lowest BCUT2D eigenvalue weighted by Gasteiger charge is -2.33. The van der Waals surface area contributed by atoms with Crippen LogP contribution in [0.1, 0.15) is 41.2 Å². The Balaban J connectivity index is 1.71. The summed E-state index contributed by atoms with van der Waals surface area (Å²) in [5.41, 5.74) is 4.08. The molecule has 2 aromatic rings. The van der Waals surface area contributed by atoms with Crippen LogP contribution in [0.25, 0.3) is 0 Å². The highest BCUT2D eigenvalue weighted by Gasteiger charge is 2.34. The van der Waals surface area contributed by atoms with Gasteiger partial charge in [-0.3, -0.25) is 0 Å². The third kappa shape index (κ3) is 3.78. The van der Waals surface area contributed by atoms with Crippen LogP contribution in [-0.4, -0.2) is 35.8 Å². The topological polar surface area (TPSA) is 68.2 Å². The fraction of sp³-hybridized carbons (Fsp3) is 0.429. The normalized spacial score (nSPS) is 24.2. The summed E-state index contributed by atoms with van der Waals surface area (Å²) in [5, 5.41) is 20.2. The molecular weight excluding hydrogens is 368 g/mol. The van der Waals surface area contributed by atoms with E-state index in [4.69, 9.17) is 25.8 Å². The molecule has 0 aromatic heterocycles. The SMILES string of the molecule is Cc1ccc(Cc2cc(C3CC(O)CC(CO)O3)c3c(c2Cl)OCO3)cc1. The maximum Gasteiger partial charge on any atom is 0.231 e. The van der Waals surface area contributed by atoms with E-state index in [1.165, 1.54) is 5.56 Å². The number of ether oxygens (including phenoxy) is 3. The lowest BCUT2D eigenvalue weighted by Crippen LogP contribution is -2.33. The predicted molar refractivity (Wildman–Crippen MR) is 102 cm³/mol. The molecular formula is C21H23ClO5. The van der Waals surface area contributed by atoms with Gasteiger partial charge >= 0.3 is 0 Å². The molecule has 0 spiro atoms. The second kappa shape index (κ2) is 7.68. The smallest absolute Gasteiger partial charge is 0.231 e. The Morgan fingerprint density at radius 2 is 1.85 bits per heavy atom. The van der Waals surface area contributed by atoms with Crippen LogP contribution in [0, 0.1) is 6.92 Å². The molecule has 0 aliphatic carbocycles. The van der Waals surface area contributed by atoms with Gasteiger partial charge in [0.25, 0.3) is 0 Å². The minimum Gasteiger partial charge on any atom is -0.453 e. The lowest BCUT2D eigenvalue weighted by atomic mass is 9.93. The molecule has 3 unspecified atom stereocenters. The van der Waals surface area contributed by atoms with E-state index in [1.54, 1.807) is 0 Å². The quantitative estimate of drug-likeness (QED) is 0.835. The summed E-state index contributed by atoms with van der Waals surface area (Å²) in [6.45, 7) is 2.03. The van der Waals surface area contributed by atoms with Crippen LogP contribution in [0.4, 0.5) is 0 Å². The van der Waals surface area contributed by atoms with Gasteiger partial charge in [0.05, 0.1) is 29.9 Å². The molecule has 2 aliphatic heterocycles. The highest BCUT2D eigenvalue weighted by Crippen LogP contribution is 2.48. The van der Waals surface area contributed by atoms with Crippen molar-refractivity contribution in [2.75, 3.05) is 13.4 Å². The van der Waals surface area contributed by atoms with E-state index in [0.29, 0.717) is 35.8 Å². The summed E-state index contributed by atoms with van der Waals surface area (Å²) < 4.78 is 17.3. The summed E-state index contributed by atoms with van der Waals surface area (Å²) in [6, 6.07) is 10.3. The van der Waals surface area contributed by atoms with Gasteiger partial charge in [0.15, 0.2) is 11.5 Å². The van der Waals surface area contributed by atoms with Crippen LogP contribution < -0.4 is 9.47 Å². The zero-order valence-corrected chi connectivity index (χ0v) is 15.9. The molecule has 144 valence electrons. The molecule has 5 nitrogen and oxygen atoms in total. The molecule has 2 heterocycles. The molecule has 3 atom stereocenters. The molecule has 2 N–H and O–H groups in total. The highest BCUT2D eigenvalue weighted by atomic mass is 35.5. The standard InChI is InChI=1S/C21H23ClO5/c1-12-2-4-13(5-3-12)6-14-7-17(20-21(19(14)22)26-11-25-20)18-9-15(24)8-16(10-23)27-18/h2-5,7,15-16,18,23-24H,6,8-11H2,1H3. The van der Waals surface area contributed by atoms with E-state index in [2.05, 4.69) is 31.2 Å². The number of hydrogen-bond donors (Lipinski definition) is 2. The number of aliphatic hydroxyl groups excluding tert-OH is 2. The number of fused-ring (bicyclic) bond motifs is 1. The first-order valence-electron chi connectivity index (χ1n) is 9.16. The molecule has 0 saturated carbocycles. The maximum atomic E-state index is 10.2. The average molecular weight is 391 g/mol. The molecule has 0 bridgehead atoms. The first-order valence-corrected chi connectivity index (χ1v) is 9.53. The zero-order chi connectivity index (χ0) is 19.0. The number of halogens is 1. The van der Waals surface area contributed by atoms with Crippen LogP contribution >= 0.6 is 11.6 Å². The Labute approximate surface area is 163 Å². The molecule has 4 rings (SSSR count). The van der Waals surface area contributed by atoms with Gasteiger partial charge < -0.3 is 24.4 Å². The van der Waals surface area contributed by atoms with Crippen molar-refractivity contribution in [2.24, 2.45) is 0 Å². The van der Waals surface area contributed by atoms with E-state index in [9.17, 15) is 10.2 Å². The van der Waals surface area contributed by atoms with Crippen LogP contribution in [0.5, 0.6) is 11.5 Å². The Bertz CT molecular complexity index is 820. The van der Waals surface area contributed by atoms with Gasteiger partial charge in [-0.05, 0) is 30.5 Å². The van der Waals surface area contributed by atoms with Crippen LogP contribution in [0.15, 0.2) is 30.3 Å². The third-order valence-corrected chi connectivity index (χ3v) is 5.54. The number of benzene rings is 2. The number of aryl methyl sites for hydroxylation is 1. The van der Waals surface area contributed by atoms with Gasteiger partial charge in [0.1, 0.15) is 0 Å². The summed E-state index contributed by atoms with van der Waals surface area (Å²) in [6.07, 6.45) is 0.217. The average Bonchev–Trinajstić information content (AvgIpc) is 3.15. The predicted octanol–water partition coefficient (Wildman–Crippen LogP) is 3.54. The largest absolute Gasteiger partial charge is 0.453 e. The maximum absolute atomic E-state index is 10.2. The van der Waals surface area contributed by atoms with Gasteiger partial charge in [-0.2, -0.15) is 0 Å². The van der Waals surface area contributed by atoms with Crippen LogP contribution in [0.2, 0.25) is 5.02 Å². The van der Waals surface area contributed by atoms with Crippen molar-refractivity contribution in [3.05, 3.63) is 57.6 Å². The van der Waals surface area contributed by atoms with Crippen molar-refractivity contribution < 1.29 is 24.4 Å². The zero-order valence-electron chi connectivity index (χ0n) is 15.2. The van der Waals surface area contributed by atoms with E-state index in [0.717, 1.165) is 16.7 Å². The fourth-order valence-corrected chi connectivity index (χ4v) is 3.98. The minimum absolute atomic E-state index is 0.106. The monoisotopic (exact) mass is 390 g/mol. The van der Waals surface area contributed by atoms with Crippen molar-refractivity contribution >= 4 is 11.6 Å². The molecule has 2 aliphatic rings. The van der Waals surface area contributed by atoms with Gasteiger partial charge in [-0.25, -0.2) is 0 Å². The van der Waals surface area contributed by atoms with E-state index in [-0.39, 0.29) is 19.5 Å². The van der Waals surface area contributed by atoms with Gasteiger partial charge in [-0.15, -0.1) is 0 Å². The van der Waals surface area contributed by atoms with Crippen molar-refractivity contribution in [3.8, 4) is 11.5 Å². The molecule has 1 fully saturated rings. The molecule has 0 amide bonds. The minimum atomic E-state index is -0.532. The Morgan fingerprint density at radius 3 is 2.59 bits per heavy atom. The lowest BCUT2D eigenvalue weighted by molar-refractivity contribution is -0.114. The number of aliphatic hydroxyl groups is 2. The molecule has 0 radical (unpaired) electrons. The van der Waals surface area contributed by atoms with E-state index in [1.807, 2.05) is 6.07 Å². The third-order valence-electron chi connectivity index (χ3n) is 5.13. The summed E-state index contributed by atoms with van der Waals surface area (Å²) in [4.78, 5) is 0. The van der Waals surface area contributed by atoms with Crippen molar-refractivity contribution in [1.82, 2.24) is 0 Å². The summed E-state index contributed by atoms with van der Waals surface area (Å²) in [5.74, 6) is 1.10. The van der Waals surface area contributed by atoms with Crippen molar-refractivity contribution in [1.29, 1.82) is 0 Å².